The lowest BCUT2D eigenvalue weighted by Crippen LogP contribution is -2.55. The number of carbonyl (C=O) groups is 2. The Bertz CT molecular complexity index is 1500. The minimum absolute atomic E-state index is 0.00548. The lowest BCUT2D eigenvalue weighted by Gasteiger charge is -2.38. The Morgan fingerprint density at radius 1 is 1.17 bits per heavy atom. The van der Waals surface area contributed by atoms with Crippen LogP contribution < -0.4 is 15.8 Å². The maximum atomic E-state index is 14.9. The summed E-state index contributed by atoms with van der Waals surface area (Å²) in [6, 6.07) is 2.26. The van der Waals surface area contributed by atoms with Crippen molar-refractivity contribution >= 4 is 23.1 Å². The van der Waals surface area contributed by atoms with Gasteiger partial charge in [-0.25, -0.2) is 32.0 Å². The number of nitrogens with zero attached hydrogens (tertiary/aromatic N) is 6. The quantitative estimate of drug-likeness (QED) is 0.408. The second-order valence-electron chi connectivity index (χ2n) is 10.8. The van der Waals surface area contributed by atoms with E-state index in [1.807, 2.05) is 0 Å². The van der Waals surface area contributed by atoms with Gasteiger partial charge in [0.05, 0.1) is 38.5 Å². The number of nitrogen functional groups attached to an aromatic ring is 1. The highest BCUT2D eigenvalue weighted by Crippen LogP contribution is 2.35. The molecule has 1 saturated carbocycles. The third-order valence-electron chi connectivity index (χ3n) is 7.86. The first-order valence-corrected chi connectivity index (χ1v) is 13.2. The van der Waals surface area contributed by atoms with Gasteiger partial charge < -0.3 is 20.7 Å². The van der Waals surface area contributed by atoms with Crippen LogP contribution in [0, 0.1) is 5.92 Å². The summed E-state index contributed by atoms with van der Waals surface area (Å²) in [6.07, 6.45) is 0.475. The van der Waals surface area contributed by atoms with Crippen molar-refractivity contribution in [3.05, 3.63) is 35.8 Å². The van der Waals surface area contributed by atoms with Gasteiger partial charge in [0.1, 0.15) is 29.8 Å². The van der Waals surface area contributed by atoms with Crippen molar-refractivity contribution in [3.8, 4) is 17.1 Å². The summed E-state index contributed by atoms with van der Waals surface area (Å²) < 4.78 is 61.7. The lowest BCUT2D eigenvalue weighted by molar-refractivity contribution is -0.139. The van der Waals surface area contributed by atoms with Crippen LogP contribution in [0.15, 0.2) is 24.7 Å². The predicted octanol–water partition coefficient (Wildman–Crippen LogP) is 1.86. The van der Waals surface area contributed by atoms with Gasteiger partial charge in [-0.15, -0.1) is 0 Å². The Balaban J connectivity index is 1.25. The van der Waals surface area contributed by atoms with E-state index in [2.05, 4.69) is 20.4 Å². The Hall–Kier alpha value is -4.01. The molecule has 11 nitrogen and oxygen atoms in total. The van der Waals surface area contributed by atoms with Gasteiger partial charge in [0.15, 0.2) is 5.82 Å². The fourth-order valence-electron chi connectivity index (χ4n) is 5.68. The zero-order valence-corrected chi connectivity index (χ0v) is 22.1. The molecule has 1 aliphatic carbocycles. The average Bonchev–Trinajstić information content (AvgIpc) is 3.46. The number of amides is 2. The van der Waals surface area contributed by atoms with Crippen LogP contribution in [0.5, 0.6) is 5.88 Å². The van der Waals surface area contributed by atoms with Gasteiger partial charge in [0, 0.05) is 30.8 Å². The Labute approximate surface area is 231 Å². The van der Waals surface area contributed by atoms with Gasteiger partial charge in [-0.2, -0.15) is 5.10 Å². The summed E-state index contributed by atoms with van der Waals surface area (Å²) in [6.45, 7) is -0.783. The molecule has 3 aromatic heterocycles. The predicted molar refractivity (Wildman–Crippen MR) is 138 cm³/mol. The van der Waals surface area contributed by atoms with Crippen molar-refractivity contribution in [1.29, 1.82) is 0 Å². The molecule has 3 N–H and O–H groups in total. The SMILES string of the molecule is COc1ncc(-c2cc(CN3CC(F)(F)C3)c3c(N)ncnn23)cc1C(=O)N[C@@H]1CN(C(=O)C2CC(F)C2)C[C@@H]1F. The number of hydrogen-bond donors (Lipinski definition) is 2. The number of hydrogen-bond acceptors (Lipinski definition) is 8. The van der Waals surface area contributed by atoms with E-state index in [-0.39, 0.29) is 68.7 Å². The fourth-order valence-corrected chi connectivity index (χ4v) is 5.68. The van der Waals surface area contributed by atoms with Crippen LogP contribution in [-0.4, -0.2) is 98.8 Å². The summed E-state index contributed by atoms with van der Waals surface area (Å²) in [7, 11) is 1.34. The number of carbonyl (C=O) groups excluding carboxylic acids is 2. The van der Waals surface area contributed by atoms with Crippen molar-refractivity contribution in [2.75, 3.05) is 39.0 Å². The first-order chi connectivity index (χ1) is 19.5. The molecule has 6 rings (SSSR count). The third kappa shape index (κ3) is 5.02. The molecular formula is C26H28F4N8O3. The maximum Gasteiger partial charge on any atom is 0.272 e. The topological polar surface area (TPSA) is 131 Å². The summed E-state index contributed by atoms with van der Waals surface area (Å²) in [5.41, 5.74) is 8.12. The molecule has 5 heterocycles. The summed E-state index contributed by atoms with van der Waals surface area (Å²) in [4.78, 5) is 37.1. The number of nitrogens with two attached hydrogens (primary N) is 1. The summed E-state index contributed by atoms with van der Waals surface area (Å²) >= 11 is 0. The highest BCUT2D eigenvalue weighted by molar-refractivity contribution is 5.98. The number of ether oxygens (including phenoxy) is 1. The number of likely N-dealkylation sites (tertiary alicyclic amines) is 2. The molecule has 218 valence electrons. The number of alkyl halides is 4. The molecule has 3 aromatic rings. The number of methoxy groups -OCH3 is 1. The molecule has 3 aliphatic rings. The van der Waals surface area contributed by atoms with Crippen LogP contribution in [0.2, 0.25) is 0 Å². The Morgan fingerprint density at radius 3 is 2.61 bits per heavy atom. The van der Waals surface area contributed by atoms with Crippen LogP contribution in [0.1, 0.15) is 28.8 Å². The lowest BCUT2D eigenvalue weighted by atomic mass is 9.82. The molecular weight excluding hydrogens is 548 g/mol. The van der Waals surface area contributed by atoms with E-state index >= 15 is 0 Å². The normalized spacial score (nSPS) is 25.5. The standard InChI is InChI=1S/C26H28F4N8O3/c1-41-24-17(23(39)35-19-9-37(8-18(19)28)25(40)13-2-16(27)3-13)4-14(6-32-24)20-5-15(7-36-10-26(29,30)11-36)21-22(31)33-12-34-38(20)21/h4-6,12-13,16,18-19H,2-3,7-11H2,1H3,(H,35,39)(H2,31,33,34)/t13?,16?,18-,19+/m0/s1. The van der Waals surface area contributed by atoms with Crippen molar-refractivity contribution < 1.29 is 31.9 Å². The molecule has 0 bridgehead atoms. The van der Waals surface area contributed by atoms with Crippen LogP contribution in [-0.2, 0) is 11.3 Å². The van der Waals surface area contributed by atoms with Gasteiger partial charge in [0.25, 0.3) is 11.8 Å². The van der Waals surface area contributed by atoms with Crippen LogP contribution in [0.3, 0.4) is 0 Å². The van der Waals surface area contributed by atoms with E-state index < -0.39 is 36.1 Å². The van der Waals surface area contributed by atoms with Crippen molar-refractivity contribution in [2.24, 2.45) is 5.92 Å². The zero-order chi connectivity index (χ0) is 29.1. The van der Waals surface area contributed by atoms with Crippen molar-refractivity contribution in [1.82, 2.24) is 34.7 Å². The second-order valence-corrected chi connectivity index (χ2v) is 10.8. The largest absolute Gasteiger partial charge is 0.480 e. The number of anilines is 1. The number of halogens is 4. The fraction of sp³-hybridized carbons (Fsp3) is 0.500. The van der Waals surface area contributed by atoms with Gasteiger partial charge >= 0.3 is 0 Å². The van der Waals surface area contributed by atoms with E-state index in [4.69, 9.17) is 10.5 Å². The van der Waals surface area contributed by atoms with E-state index in [1.54, 1.807) is 11.0 Å². The zero-order valence-electron chi connectivity index (χ0n) is 22.1. The number of aromatic nitrogens is 4. The monoisotopic (exact) mass is 576 g/mol. The van der Waals surface area contributed by atoms with Gasteiger partial charge in [-0.1, -0.05) is 0 Å². The first-order valence-electron chi connectivity index (χ1n) is 13.2. The average molecular weight is 577 g/mol. The van der Waals surface area contributed by atoms with E-state index in [9.17, 15) is 27.2 Å². The molecule has 0 spiro atoms. The molecule has 0 radical (unpaired) electrons. The van der Waals surface area contributed by atoms with E-state index in [0.717, 1.165) is 0 Å². The molecule has 3 fully saturated rings. The number of nitrogens with one attached hydrogen (secondary N) is 1. The van der Waals surface area contributed by atoms with Crippen molar-refractivity contribution in [3.63, 3.8) is 0 Å². The minimum atomic E-state index is -2.74. The van der Waals surface area contributed by atoms with Crippen LogP contribution >= 0.6 is 0 Å². The van der Waals surface area contributed by atoms with Gasteiger partial charge in [0.2, 0.25) is 11.8 Å². The third-order valence-corrected chi connectivity index (χ3v) is 7.86. The van der Waals surface area contributed by atoms with Gasteiger partial charge in [-0.05, 0) is 30.5 Å². The van der Waals surface area contributed by atoms with Crippen molar-refractivity contribution in [2.45, 2.75) is 43.7 Å². The molecule has 0 unspecified atom stereocenters. The van der Waals surface area contributed by atoms with Crippen LogP contribution in [0.25, 0.3) is 16.8 Å². The molecule has 2 atom stereocenters. The molecule has 2 saturated heterocycles. The number of rotatable bonds is 7. The Kier molecular flexibility index (Phi) is 6.71. The molecule has 0 aromatic carbocycles. The highest BCUT2D eigenvalue weighted by atomic mass is 19.3. The number of fused-ring (bicyclic) bond motifs is 1. The molecule has 2 aliphatic heterocycles. The van der Waals surface area contributed by atoms with Gasteiger partial charge in [-0.3, -0.25) is 14.5 Å². The van der Waals surface area contributed by atoms with E-state index in [1.165, 1.54) is 35.1 Å². The number of pyridine rings is 1. The summed E-state index contributed by atoms with van der Waals surface area (Å²) in [5.74, 6) is -4.01. The molecule has 2 amide bonds. The first kappa shape index (κ1) is 27.2. The summed E-state index contributed by atoms with van der Waals surface area (Å²) in [5, 5.41) is 6.91. The highest BCUT2D eigenvalue weighted by Gasteiger charge is 2.44. The van der Waals surface area contributed by atoms with E-state index in [0.29, 0.717) is 22.3 Å². The smallest absolute Gasteiger partial charge is 0.272 e. The minimum Gasteiger partial charge on any atom is -0.480 e. The molecule has 41 heavy (non-hydrogen) atoms. The maximum absolute atomic E-state index is 14.9. The second kappa shape index (κ2) is 10.1. The Morgan fingerprint density at radius 2 is 1.93 bits per heavy atom. The molecule has 15 heteroatoms. The van der Waals surface area contributed by atoms with Crippen LogP contribution in [0.4, 0.5) is 23.4 Å².